The molecule has 0 atom stereocenters. The number of anilines is 2. The van der Waals surface area contributed by atoms with Crippen molar-refractivity contribution in [2.45, 2.75) is 82.3 Å². The molecule has 0 spiro atoms. The van der Waals surface area contributed by atoms with Crippen molar-refractivity contribution in [2.75, 3.05) is 57.8 Å². The quantitative estimate of drug-likeness (QED) is 0.240. The van der Waals surface area contributed by atoms with Crippen molar-refractivity contribution in [1.82, 2.24) is 24.7 Å². The van der Waals surface area contributed by atoms with E-state index < -0.39 is 5.41 Å². The van der Waals surface area contributed by atoms with Gasteiger partial charge < -0.3 is 36.2 Å². The average Bonchev–Trinajstić information content (AvgIpc) is 3.07. The molecule has 2 aromatic rings. The highest BCUT2D eigenvalue weighted by molar-refractivity contribution is 5.79. The molecule has 1 aliphatic carbocycles. The highest BCUT2D eigenvalue weighted by Crippen LogP contribution is 2.43. The fourth-order valence-corrected chi connectivity index (χ4v) is 7.30. The predicted molar refractivity (Wildman–Crippen MR) is 172 cm³/mol. The summed E-state index contributed by atoms with van der Waals surface area (Å²) in [5.41, 5.74) is 7.06. The summed E-state index contributed by atoms with van der Waals surface area (Å²) in [6.45, 7) is 5.55. The first kappa shape index (κ1) is 31.9. The minimum absolute atomic E-state index is 0.0703. The van der Waals surface area contributed by atoms with Crippen LogP contribution in [-0.2, 0) is 4.79 Å². The van der Waals surface area contributed by atoms with Crippen LogP contribution in [0.1, 0.15) is 75.8 Å². The molecule has 12 nitrogen and oxygen atoms in total. The van der Waals surface area contributed by atoms with Crippen molar-refractivity contribution in [3.63, 3.8) is 0 Å². The SMILES string of the molecule is CC(CO)(CO)CN(C(=O)CN1CCC(c2ccc3c(c2)Nc2nc(=O)n(C4CCC(N)CC4)cc2O3)CC1)C1CCNCC1. The van der Waals surface area contributed by atoms with Crippen LogP contribution in [0.25, 0.3) is 0 Å². The Morgan fingerprint density at radius 2 is 1.78 bits per heavy atom. The molecule has 12 heteroatoms. The molecule has 246 valence electrons. The molecule has 3 aliphatic heterocycles. The van der Waals surface area contributed by atoms with Gasteiger partial charge in [-0.15, -0.1) is 0 Å². The number of likely N-dealkylation sites (tertiary alicyclic amines) is 1. The third-order valence-corrected chi connectivity index (χ3v) is 10.3. The number of hydrogen-bond donors (Lipinski definition) is 5. The number of fused-ring (bicyclic) bond motifs is 2. The van der Waals surface area contributed by atoms with Crippen LogP contribution >= 0.6 is 0 Å². The van der Waals surface area contributed by atoms with Crippen molar-refractivity contribution < 1.29 is 19.7 Å². The van der Waals surface area contributed by atoms with Gasteiger partial charge in [-0.1, -0.05) is 13.0 Å². The predicted octanol–water partition coefficient (Wildman–Crippen LogP) is 2.29. The Balaban J connectivity index is 1.07. The maximum Gasteiger partial charge on any atom is 0.350 e. The van der Waals surface area contributed by atoms with Gasteiger partial charge in [-0.3, -0.25) is 14.3 Å². The summed E-state index contributed by atoms with van der Waals surface area (Å²) in [5, 5.41) is 26.5. The number of benzene rings is 1. The van der Waals surface area contributed by atoms with Gasteiger partial charge in [0.15, 0.2) is 17.3 Å². The summed E-state index contributed by atoms with van der Waals surface area (Å²) in [6.07, 6.45) is 8.93. The Bertz CT molecular complexity index is 1390. The van der Waals surface area contributed by atoms with E-state index in [-0.39, 0.29) is 42.9 Å². The first-order valence-electron chi connectivity index (χ1n) is 16.7. The minimum Gasteiger partial charge on any atom is -0.450 e. The zero-order valence-corrected chi connectivity index (χ0v) is 26.4. The molecule has 6 rings (SSSR count). The summed E-state index contributed by atoms with van der Waals surface area (Å²) in [7, 11) is 0. The summed E-state index contributed by atoms with van der Waals surface area (Å²) >= 11 is 0. The highest BCUT2D eigenvalue weighted by atomic mass is 16.5. The Morgan fingerprint density at radius 3 is 2.47 bits per heavy atom. The topological polar surface area (TPSA) is 158 Å². The molecule has 0 radical (unpaired) electrons. The van der Waals surface area contributed by atoms with Gasteiger partial charge in [-0.25, -0.2) is 4.79 Å². The van der Waals surface area contributed by atoms with E-state index in [1.165, 1.54) is 5.56 Å². The van der Waals surface area contributed by atoms with Gasteiger partial charge >= 0.3 is 5.69 Å². The van der Waals surface area contributed by atoms with Crippen molar-refractivity contribution in [1.29, 1.82) is 0 Å². The number of nitrogens with one attached hydrogen (secondary N) is 2. The summed E-state index contributed by atoms with van der Waals surface area (Å²) < 4.78 is 7.92. The Labute approximate surface area is 264 Å². The fraction of sp³-hybridized carbons (Fsp3) is 0.667. The first-order chi connectivity index (χ1) is 21.7. The maximum atomic E-state index is 13.6. The zero-order chi connectivity index (χ0) is 31.6. The van der Waals surface area contributed by atoms with E-state index in [0.29, 0.717) is 36.3 Å². The van der Waals surface area contributed by atoms with Gasteiger partial charge in [0.1, 0.15) is 0 Å². The number of amides is 1. The van der Waals surface area contributed by atoms with E-state index in [1.807, 2.05) is 17.9 Å². The molecule has 1 amide bonds. The van der Waals surface area contributed by atoms with E-state index in [4.69, 9.17) is 10.5 Å². The average molecular weight is 624 g/mol. The van der Waals surface area contributed by atoms with Gasteiger partial charge in [-0.2, -0.15) is 4.98 Å². The number of piperidine rings is 2. The lowest BCUT2D eigenvalue weighted by Crippen LogP contribution is -2.54. The molecule has 4 aliphatic rings. The smallest absolute Gasteiger partial charge is 0.350 e. The van der Waals surface area contributed by atoms with Crippen LogP contribution in [0.5, 0.6) is 11.5 Å². The molecule has 1 aromatic heterocycles. The monoisotopic (exact) mass is 623 g/mol. The van der Waals surface area contributed by atoms with Gasteiger partial charge in [-0.05, 0) is 101 Å². The second-order valence-electron chi connectivity index (χ2n) is 13.9. The van der Waals surface area contributed by atoms with Crippen LogP contribution in [0.2, 0.25) is 0 Å². The second kappa shape index (κ2) is 13.8. The van der Waals surface area contributed by atoms with Crippen LogP contribution in [-0.4, -0.2) is 100 Å². The summed E-state index contributed by atoms with van der Waals surface area (Å²) in [6, 6.07) is 6.62. The molecule has 6 N–H and O–H groups in total. The van der Waals surface area contributed by atoms with Crippen molar-refractivity contribution in [3.8, 4) is 11.5 Å². The molecule has 1 aromatic carbocycles. The maximum absolute atomic E-state index is 13.6. The van der Waals surface area contributed by atoms with Crippen LogP contribution in [0, 0.1) is 5.41 Å². The number of aromatic nitrogens is 2. The molecule has 0 unspecified atom stereocenters. The summed E-state index contributed by atoms with van der Waals surface area (Å²) in [4.78, 5) is 35.0. The molecular formula is C33H49N7O5. The Hall–Kier alpha value is -3.03. The van der Waals surface area contributed by atoms with E-state index in [0.717, 1.165) is 83.2 Å². The first-order valence-corrected chi connectivity index (χ1v) is 16.7. The highest BCUT2D eigenvalue weighted by Gasteiger charge is 2.34. The Kier molecular flexibility index (Phi) is 9.76. The number of hydrogen-bond acceptors (Lipinski definition) is 10. The number of carbonyl (C=O) groups excluding carboxylic acids is 1. The standard InChI is InChI=1S/C33H49N7O5/c1-33(20-41,21-42)19-40(26-8-12-35-13-9-26)30(43)18-38-14-10-22(11-15-38)23-2-7-28-27(16-23)36-31-29(45-28)17-39(32(44)37-31)25-5-3-24(34)4-6-25/h2,7,16-17,22,24-26,35,41-42H,3-6,8-15,18-21,34H2,1H3,(H,36,37,44). The second-order valence-corrected chi connectivity index (χ2v) is 13.9. The molecule has 1 saturated carbocycles. The van der Waals surface area contributed by atoms with Gasteiger partial charge in [0.25, 0.3) is 0 Å². The van der Waals surface area contributed by atoms with E-state index in [2.05, 4.69) is 32.7 Å². The fourth-order valence-electron chi connectivity index (χ4n) is 7.30. The van der Waals surface area contributed by atoms with E-state index >= 15 is 0 Å². The Morgan fingerprint density at radius 1 is 1.07 bits per heavy atom. The van der Waals surface area contributed by atoms with Gasteiger partial charge in [0, 0.05) is 30.1 Å². The number of nitrogens with zero attached hydrogens (tertiary/aromatic N) is 4. The van der Waals surface area contributed by atoms with Crippen molar-refractivity contribution in [2.24, 2.45) is 11.1 Å². The lowest BCUT2D eigenvalue weighted by Gasteiger charge is -2.41. The van der Waals surface area contributed by atoms with Crippen molar-refractivity contribution in [3.05, 3.63) is 40.4 Å². The molecule has 3 fully saturated rings. The normalized spacial score (nSPS) is 23.0. The van der Waals surface area contributed by atoms with Crippen LogP contribution in [0.3, 0.4) is 0 Å². The third-order valence-electron chi connectivity index (χ3n) is 10.3. The molecular weight excluding hydrogens is 574 g/mol. The van der Waals surface area contributed by atoms with E-state index in [1.54, 1.807) is 10.8 Å². The van der Waals surface area contributed by atoms with E-state index in [9.17, 15) is 19.8 Å². The number of rotatable bonds is 9. The minimum atomic E-state index is -0.728. The number of nitrogens with two attached hydrogens (primary N) is 1. The number of ether oxygens (including phenoxy) is 1. The van der Waals surface area contributed by atoms with Crippen LogP contribution < -0.4 is 26.8 Å². The molecule has 0 bridgehead atoms. The van der Waals surface area contributed by atoms with Gasteiger partial charge in [0.05, 0.1) is 31.6 Å². The zero-order valence-electron chi connectivity index (χ0n) is 26.4. The lowest BCUT2D eigenvalue weighted by atomic mass is 9.88. The molecule has 4 heterocycles. The molecule has 2 saturated heterocycles. The van der Waals surface area contributed by atoms with Crippen LogP contribution in [0.15, 0.2) is 29.2 Å². The number of aliphatic hydroxyl groups is 2. The van der Waals surface area contributed by atoms with Crippen molar-refractivity contribution >= 4 is 17.4 Å². The van der Waals surface area contributed by atoms with Gasteiger partial charge in [0.2, 0.25) is 5.91 Å². The summed E-state index contributed by atoms with van der Waals surface area (Å²) in [5.74, 6) is 2.12. The number of carbonyl (C=O) groups is 1. The molecule has 45 heavy (non-hydrogen) atoms. The van der Waals surface area contributed by atoms with Crippen LogP contribution in [0.4, 0.5) is 11.5 Å². The lowest BCUT2D eigenvalue weighted by molar-refractivity contribution is -0.138. The largest absolute Gasteiger partial charge is 0.450 e. The number of aliphatic hydroxyl groups excluding tert-OH is 2. The third kappa shape index (κ3) is 7.20.